The number of allylic oxidation sites excluding steroid dienone is 3. The van der Waals surface area contributed by atoms with Crippen LogP contribution in [0.25, 0.3) is 11.8 Å². The molecule has 1 aliphatic heterocycles. The molecule has 3 aliphatic rings. The van der Waals surface area contributed by atoms with Gasteiger partial charge in [-0.1, -0.05) is 93.9 Å². The molecular formula is C32H35NO3. The van der Waals surface area contributed by atoms with Crippen LogP contribution in [0.5, 0.6) is 0 Å². The summed E-state index contributed by atoms with van der Waals surface area (Å²) in [7, 11) is 0. The highest BCUT2D eigenvalue weighted by Crippen LogP contribution is 2.44. The second-order valence-electron chi connectivity index (χ2n) is 10.8. The minimum atomic E-state index is -0.479. The zero-order valence-electron chi connectivity index (χ0n) is 21.6. The largest absolute Gasteiger partial charge is 0.459 e. The third kappa shape index (κ3) is 4.45. The predicted octanol–water partition coefficient (Wildman–Crippen LogP) is 6.80. The van der Waals surface area contributed by atoms with Gasteiger partial charge in [-0.15, -0.1) is 0 Å². The Kier molecular flexibility index (Phi) is 6.70. The number of nitrogens with one attached hydrogen (secondary N) is 1. The number of rotatable bonds is 5. The average Bonchev–Trinajstić information content (AvgIpc) is 3.14. The average molecular weight is 482 g/mol. The Morgan fingerprint density at radius 3 is 2.44 bits per heavy atom. The third-order valence-electron chi connectivity index (χ3n) is 8.01. The van der Waals surface area contributed by atoms with E-state index in [1.807, 2.05) is 73.7 Å². The van der Waals surface area contributed by atoms with E-state index in [4.69, 9.17) is 4.74 Å². The second kappa shape index (κ2) is 9.93. The van der Waals surface area contributed by atoms with Crippen molar-refractivity contribution in [3.8, 4) is 0 Å². The van der Waals surface area contributed by atoms with Crippen molar-refractivity contribution in [1.29, 1.82) is 0 Å². The van der Waals surface area contributed by atoms with Crippen LogP contribution in [-0.4, -0.2) is 17.9 Å². The van der Waals surface area contributed by atoms with E-state index in [9.17, 15) is 9.59 Å². The molecule has 0 spiro atoms. The molecular weight excluding hydrogens is 446 g/mol. The van der Waals surface area contributed by atoms with Gasteiger partial charge in [0, 0.05) is 28.3 Å². The van der Waals surface area contributed by atoms with Crippen LogP contribution in [0.3, 0.4) is 0 Å². The van der Waals surface area contributed by atoms with Crippen LogP contribution in [0.15, 0.2) is 77.5 Å². The van der Waals surface area contributed by atoms with Gasteiger partial charge < -0.3 is 10.1 Å². The first-order valence-electron chi connectivity index (χ1n) is 13.2. The summed E-state index contributed by atoms with van der Waals surface area (Å²) in [6.45, 7) is 8.58. The molecule has 4 heteroatoms. The number of hydrogen-bond donors (Lipinski definition) is 1. The molecule has 2 aromatic carbocycles. The first kappa shape index (κ1) is 24.3. The summed E-state index contributed by atoms with van der Waals surface area (Å²) in [5.41, 5.74) is 5.29. The quantitative estimate of drug-likeness (QED) is 0.477. The fourth-order valence-electron chi connectivity index (χ4n) is 6.06. The number of ketones is 1. The van der Waals surface area contributed by atoms with E-state index in [0.717, 1.165) is 35.4 Å². The van der Waals surface area contributed by atoms with Gasteiger partial charge in [0.2, 0.25) is 0 Å². The molecule has 2 aromatic rings. The summed E-state index contributed by atoms with van der Waals surface area (Å²) in [5.74, 6) is 0.512. The van der Waals surface area contributed by atoms with Crippen LogP contribution in [0.4, 0.5) is 0 Å². The lowest BCUT2D eigenvalue weighted by molar-refractivity contribution is -0.151. The number of carbonyl (C=O) groups excluding carboxylic acids is 2. The van der Waals surface area contributed by atoms with E-state index < -0.39 is 5.92 Å². The Hall–Kier alpha value is -3.40. The molecule has 0 bridgehead atoms. The maximum atomic E-state index is 13.9. The Labute approximate surface area is 214 Å². The topological polar surface area (TPSA) is 55.4 Å². The van der Waals surface area contributed by atoms with Crippen LogP contribution in [0.2, 0.25) is 0 Å². The molecule has 0 aromatic heterocycles. The number of dihydropyridines is 1. The molecule has 2 aliphatic carbocycles. The molecule has 1 N–H and O–H groups in total. The van der Waals surface area contributed by atoms with E-state index in [0.29, 0.717) is 34.5 Å². The molecule has 0 saturated heterocycles. The second-order valence-corrected chi connectivity index (χ2v) is 10.8. The summed E-state index contributed by atoms with van der Waals surface area (Å²) in [6, 6.07) is 17.6. The smallest absolute Gasteiger partial charge is 0.337 e. The molecule has 0 amide bonds. The Morgan fingerprint density at radius 1 is 1.03 bits per heavy atom. The fraction of sp³-hybridized carbons (Fsp3) is 0.375. The lowest BCUT2D eigenvalue weighted by Gasteiger charge is -2.37. The Morgan fingerprint density at radius 2 is 1.72 bits per heavy atom. The van der Waals surface area contributed by atoms with Gasteiger partial charge in [-0.2, -0.15) is 0 Å². The molecule has 1 heterocycles. The van der Waals surface area contributed by atoms with Crippen molar-refractivity contribution in [2.75, 3.05) is 0 Å². The van der Waals surface area contributed by atoms with Crippen LogP contribution in [0.1, 0.15) is 68.4 Å². The summed E-state index contributed by atoms with van der Waals surface area (Å²) in [4.78, 5) is 27.4. The van der Waals surface area contributed by atoms with Gasteiger partial charge in [-0.05, 0) is 43.1 Å². The number of fused-ring (bicyclic) bond motifs is 2. The number of benzene rings is 2. The van der Waals surface area contributed by atoms with Gasteiger partial charge in [0.15, 0.2) is 5.78 Å². The minimum absolute atomic E-state index is 0.0278. The molecule has 186 valence electrons. The fourth-order valence-corrected chi connectivity index (χ4v) is 6.06. The van der Waals surface area contributed by atoms with Crippen LogP contribution >= 0.6 is 0 Å². The van der Waals surface area contributed by atoms with E-state index in [2.05, 4.69) is 26.1 Å². The molecule has 4 nitrogen and oxygen atoms in total. The highest BCUT2D eigenvalue weighted by Gasteiger charge is 2.42. The predicted molar refractivity (Wildman–Crippen MR) is 144 cm³/mol. The molecule has 0 unspecified atom stereocenters. The summed E-state index contributed by atoms with van der Waals surface area (Å²) in [6.07, 6.45) is 7.01. The lowest BCUT2D eigenvalue weighted by atomic mass is 9.75. The van der Waals surface area contributed by atoms with Gasteiger partial charge >= 0.3 is 5.97 Å². The van der Waals surface area contributed by atoms with Crippen LogP contribution in [-0.2, 0) is 9.53 Å². The van der Waals surface area contributed by atoms with Gasteiger partial charge in [0.25, 0.3) is 0 Å². The van der Waals surface area contributed by atoms with Crippen molar-refractivity contribution in [2.45, 2.75) is 53.1 Å². The third-order valence-corrected chi connectivity index (χ3v) is 8.01. The molecule has 1 fully saturated rings. The van der Waals surface area contributed by atoms with E-state index in [1.165, 1.54) is 6.42 Å². The maximum Gasteiger partial charge on any atom is 0.337 e. The van der Waals surface area contributed by atoms with E-state index in [-0.39, 0.29) is 17.9 Å². The van der Waals surface area contributed by atoms with Crippen LogP contribution < -0.4 is 5.32 Å². The summed E-state index contributed by atoms with van der Waals surface area (Å²) < 4.78 is 6.28. The molecule has 1 saturated carbocycles. The number of ether oxygens (including phenoxy) is 1. The highest BCUT2D eigenvalue weighted by atomic mass is 16.5. The normalized spacial score (nSPS) is 25.8. The molecule has 4 atom stereocenters. The number of carbonyl (C=O) groups is 2. The van der Waals surface area contributed by atoms with Gasteiger partial charge in [-0.3, -0.25) is 4.79 Å². The van der Waals surface area contributed by atoms with Crippen molar-refractivity contribution in [3.05, 3.63) is 94.2 Å². The number of hydrogen-bond acceptors (Lipinski definition) is 4. The van der Waals surface area contributed by atoms with Crippen LogP contribution in [0, 0.1) is 23.7 Å². The van der Waals surface area contributed by atoms with Gasteiger partial charge in [0.05, 0.1) is 11.3 Å². The van der Waals surface area contributed by atoms with Gasteiger partial charge in [0.1, 0.15) is 6.10 Å². The highest BCUT2D eigenvalue weighted by molar-refractivity contribution is 6.22. The maximum absolute atomic E-state index is 13.9. The first-order valence-corrected chi connectivity index (χ1v) is 13.2. The minimum Gasteiger partial charge on any atom is -0.459 e. The van der Waals surface area contributed by atoms with E-state index >= 15 is 0 Å². The van der Waals surface area contributed by atoms with Crippen molar-refractivity contribution in [1.82, 2.24) is 5.32 Å². The molecule has 36 heavy (non-hydrogen) atoms. The van der Waals surface area contributed by atoms with Crippen molar-refractivity contribution in [2.24, 2.45) is 23.7 Å². The van der Waals surface area contributed by atoms with Gasteiger partial charge in [-0.25, -0.2) is 4.79 Å². The SMILES string of the molecule is CC1=C(C(=O)O[C@@H]2C[C@@H](C)CC[C@H]2C(C)C)[C@@H](/C=C/c2ccccc2)C2=C(N1)c1ccccc1C2=O. The molecule has 5 rings (SSSR count). The molecule has 0 radical (unpaired) electrons. The zero-order valence-corrected chi connectivity index (χ0v) is 21.6. The summed E-state index contributed by atoms with van der Waals surface area (Å²) >= 11 is 0. The Bertz CT molecular complexity index is 1270. The first-order chi connectivity index (χ1) is 17.3. The summed E-state index contributed by atoms with van der Waals surface area (Å²) in [5, 5.41) is 3.41. The van der Waals surface area contributed by atoms with Crippen molar-refractivity contribution in [3.63, 3.8) is 0 Å². The Balaban J connectivity index is 1.52. The van der Waals surface area contributed by atoms with Crippen molar-refractivity contribution < 1.29 is 14.3 Å². The van der Waals surface area contributed by atoms with E-state index in [1.54, 1.807) is 0 Å². The lowest BCUT2D eigenvalue weighted by Crippen LogP contribution is -2.38. The number of esters is 1. The van der Waals surface area contributed by atoms with Crippen molar-refractivity contribution >= 4 is 23.5 Å². The monoisotopic (exact) mass is 481 g/mol. The zero-order chi connectivity index (χ0) is 25.4. The standard InChI is InChI=1S/C32H35NO3/c1-19(2)23-16-14-20(3)18-27(23)36-32(35)28-21(4)33-30-24-12-8-9-13-25(24)31(34)29(30)26(28)17-15-22-10-6-5-7-11-22/h5-13,15,17,19-20,23,26-27,33H,14,16,18H2,1-4H3/b17-15+/t20-,23-,26+,27+/m0/s1. The number of Topliss-reactive ketones (excluding diaryl/α,β-unsaturated/α-hetero) is 1.